The average Bonchev–Trinajstić information content (AvgIpc) is 4.09. The largest absolute Gasteiger partial charge is 0.464 e. The quantitative estimate of drug-likeness (QED) is 0.163. The number of hydrogen-bond donors (Lipinski definition) is 2. The molecule has 0 radical (unpaired) electrons. The summed E-state index contributed by atoms with van der Waals surface area (Å²) in [5.41, 5.74) is 9.65. The van der Waals surface area contributed by atoms with Crippen LogP contribution in [-0.2, 0) is 62.3 Å². The molecule has 1 spiro atoms. The Morgan fingerprint density at radius 1 is 0.961 bits per heavy atom. The predicted molar refractivity (Wildman–Crippen MR) is 286 cm³/mol. The van der Waals surface area contributed by atoms with Crippen molar-refractivity contribution in [2.24, 2.45) is 16.7 Å². The maximum absolute atomic E-state index is 14.9. The van der Waals surface area contributed by atoms with Crippen molar-refractivity contribution in [1.82, 2.24) is 40.0 Å². The molecule has 8 heterocycles. The number of hydrazine groups is 1. The fraction of sp³-hybridized carbons (Fsp3) is 0.559. The normalized spacial score (nSPS) is 25.2. The molecule has 4 amide bonds. The van der Waals surface area contributed by atoms with Gasteiger partial charge in [-0.15, -0.1) is 0 Å². The Hall–Kier alpha value is -6.16. The van der Waals surface area contributed by atoms with Gasteiger partial charge in [0.1, 0.15) is 18.1 Å². The first kappa shape index (κ1) is 53.2. The molecule has 76 heavy (non-hydrogen) atoms. The molecular weight excluding hydrogens is 965 g/mol. The molecule has 2 N–H and O–H groups in total. The fourth-order valence-corrected chi connectivity index (χ4v) is 12.4. The summed E-state index contributed by atoms with van der Waals surface area (Å²) in [6, 6.07) is 16.0. The van der Waals surface area contributed by atoms with Crippen LogP contribution in [0.1, 0.15) is 90.2 Å². The van der Waals surface area contributed by atoms with E-state index in [-0.39, 0.29) is 55.5 Å². The number of carbonyl (C=O) groups is 5. The van der Waals surface area contributed by atoms with E-state index in [1.165, 1.54) is 5.01 Å². The van der Waals surface area contributed by atoms with Crippen LogP contribution in [0.2, 0.25) is 0 Å². The number of amides is 4. The van der Waals surface area contributed by atoms with Crippen molar-refractivity contribution in [3.63, 3.8) is 0 Å². The Morgan fingerprint density at radius 2 is 1.76 bits per heavy atom. The molecule has 6 aliphatic heterocycles. The lowest BCUT2D eigenvalue weighted by atomic mass is 9.84. The zero-order chi connectivity index (χ0) is 53.5. The highest BCUT2D eigenvalue weighted by atomic mass is 16.5. The number of pyridine rings is 1. The zero-order valence-corrected chi connectivity index (χ0v) is 45.2. The summed E-state index contributed by atoms with van der Waals surface area (Å²) in [6.45, 7) is 17.3. The minimum atomic E-state index is -1.06. The van der Waals surface area contributed by atoms with Crippen LogP contribution in [-0.4, -0.2) is 162 Å². The number of aryl methyl sites for hydroxylation is 1. The first-order valence-corrected chi connectivity index (χ1v) is 27.4. The Bertz CT molecular complexity index is 2940. The Morgan fingerprint density at radius 3 is 2.53 bits per heavy atom. The van der Waals surface area contributed by atoms with Crippen LogP contribution in [0.25, 0.3) is 33.3 Å². The number of carbonyl (C=O) groups excluding carboxylic acids is 5. The number of aromatic nitrogens is 2. The van der Waals surface area contributed by atoms with Crippen LogP contribution in [0.5, 0.6) is 0 Å². The van der Waals surface area contributed by atoms with E-state index in [4.69, 9.17) is 23.9 Å². The highest BCUT2D eigenvalue weighted by molar-refractivity contribution is 5.98. The first-order valence-electron chi connectivity index (χ1n) is 27.4. The van der Waals surface area contributed by atoms with Gasteiger partial charge in [-0.3, -0.25) is 38.9 Å². The van der Waals surface area contributed by atoms with Crippen LogP contribution in [0.3, 0.4) is 0 Å². The number of ether oxygens (including phenoxy) is 4. The Kier molecular flexibility index (Phi) is 15.5. The molecule has 5 fully saturated rings. The molecule has 0 saturated carbocycles. The number of esters is 1. The van der Waals surface area contributed by atoms with Gasteiger partial charge in [-0.2, -0.15) is 0 Å². The number of cyclic esters (lactones) is 1. The average molecular weight is 1040 g/mol. The van der Waals surface area contributed by atoms with Crippen molar-refractivity contribution >= 4 is 40.5 Å². The standard InChI is InChI=1S/C59H74N8O9/c1-8-64-49-18-16-41-30-45(49)46(53(64)44-14-10-22-60-51(44)38(4)73-7)31-58(5,6)36-76-56(71)47-15-11-23-67(62-47)55(70)48(29-39-12-9-13-40(41)28-39)61-54(69)52(37(2)3)66-25-21-59(57(66)72)20-24-63(35-59)50(68)19-17-42-32-74-27-26-65(42)43-33-75-34-43/h9-10,12-14,16,18,22,28,30,37-38,42-43,47-48,52,62H,8,11,15,20-21,23-27,29,31-36H2,1-7H3,(H,61,69)/t38-,42+,47-,48?,52-,59+/m0/s1. The third-order valence-electron chi connectivity index (χ3n) is 16.7. The maximum Gasteiger partial charge on any atom is 0.324 e. The molecule has 6 aliphatic rings. The third-order valence-corrected chi connectivity index (χ3v) is 16.7. The number of nitrogens with one attached hydrogen (secondary N) is 2. The lowest BCUT2D eigenvalue weighted by molar-refractivity contribution is -0.155. The van der Waals surface area contributed by atoms with Crippen LogP contribution in [0, 0.1) is 28.6 Å². The zero-order valence-electron chi connectivity index (χ0n) is 45.2. The van der Waals surface area contributed by atoms with Gasteiger partial charge in [0.05, 0.1) is 68.0 Å². The molecule has 2 aromatic carbocycles. The van der Waals surface area contributed by atoms with Crippen LogP contribution >= 0.6 is 0 Å². The van der Waals surface area contributed by atoms with E-state index in [2.05, 4.69) is 89.2 Å². The molecule has 0 aliphatic carbocycles. The second-order valence-corrected chi connectivity index (χ2v) is 22.8. The van der Waals surface area contributed by atoms with E-state index in [0.717, 1.165) is 56.7 Å². The van der Waals surface area contributed by atoms with Crippen LogP contribution < -0.4 is 10.7 Å². The Labute approximate surface area is 446 Å². The Balaban J connectivity index is 0.940. The van der Waals surface area contributed by atoms with E-state index in [1.807, 2.05) is 39.0 Å². The molecule has 17 nitrogen and oxygen atoms in total. The predicted octanol–water partition coefficient (Wildman–Crippen LogP) is 5.32. The van der Waals surface area contributed by atoms with Crippen LogP contribution in [0.15, 0.2) is 60.8 Å². The number of morpholine rings is 1. The van der Waals surface area contributed by atoms with E-state index in [9.17, 15) is 24.0 Å². The molecule has 6 bridgehead atoms. The van der Waals surface area contributed by atoms with Gasteiger partial charge in [0.25, 0.3) is 11.8 Å². The smallest absolute Gasteiger partial charge is 0.324 e. The fourth-order valence-electron chi connectivity index (χ4n) is 12.4. The van der Waals surface area contributed by atoms with Crippen molar-refractivity contribution in [2.45, 2.75) is 123 Å². The molecule has 5 saturated heterocycles. The molecule has 4 aromatic rings. The summed E-state index contributed by atoms with van der Waals surface area (Å²) < 4.78 is 25.5. The van der Waals surface area contributed by atoms with Gasteiger partial charge in [-0.1, -0.05) is 63.9 Å². The lowest BCUT2D eigenvalue weighted by Crippen LogP contribution is -2.62. The van der Waals surface area contributed by atoms with E-state index >= 15 is 0 Å². The van der Waals surface area contributed by atoms with Crippen molar-refractivity contribution < 1.29 is 42.9 Å². The van der Waals surface area contributed by atoms with E-state index in [1.54, 1.807) is 23.1 Å². The summed E-state index contributed by atoms with van der Waals surface area (Å²) in [5, 5.41) is 5.67. The summed E-state index contributed by atoms with van der Waals surface area (Å²) in [6.07, 6.45) is 4.24. The topological polar surface area (TPSA) is 177 Å². The van der Waals surface area contributed by atoms with Gasteiger partial charge >= 0.3 is 5.97 Å². The first-order chi connectivity index (χ1) is 36.6. The van der Waals surface area contributed by atoms with Gasteiger partial charge in [0, 0.05) is 80.9 Å². The molecule has 1 unspecified atom stereocenters. The van der Waals surface area contributed by atoms with Crippen molar-refractivity contribution in [1.29, 1.82) is 0 Å². The van der Waals surface area contributed by atoms with Crippen LogP contribution in [0.4, 0.5) is 0 Å². The number of rotatable bonds is 9. The molecule has 2 aromatic heterocycles. The van der Waals surface area contributed by atoms with Gasteiger partial charge < -0.3 is 38.6 Å². The molecule has 10 rings (SSSR count). The molecule has 6 atom stereocenters. The third kappa shape index (κ3) is 10.5. The maximum atomic E-state index is 14.9. The summed E-state index contributed by atoms with van der Waals surface area (Å²) >= 11 is 0. The number of fused-ring (bicyclic) bond motifs is 6. The van der Waals surface area contributed by atoms with Crippen molar-refractivity contribution in [3.05, 3.63) is 77.6 Å². The summed E-state index contributed by atoms with van der Waals surface area (Å²) in [4.78, 5) is 82.6. The number of benzene rings is 2. The summed E-state index contributed by atoms with van der Waals surface area (Å²) in [5.74, 6) is 3.95. The summed E-state index contributed by atoms with van der Waals surface area (Å²) in [7, 11) is 1.69. The molecule has 17 heteroatoms. The minimum Gasteiger partial charge on any atom is -0.464 e. The second-order valence-electron chi connectivity index (χ2n) is 22.8. The molecule has 404 valence electrons. The minimum absolute atomic E-state index is 0.131. The van der Waals surface area contributed by atoms with E-state index < -0.39 is 46.7 Å². The van der Waals surface area contributed by atoms with Crippen molar-refractivity contribution in [3.8, 4) is 34.2 Å². The van der Waals surface area contributed by atoms with Gasteiger partial charge in [0.2, 0.25) is 11.8 Å². The molecular formula is C59H74N8O9. The highest BCUT2D eigenvalue weighted by Crippen LogP contribution is 2.44. The number of hydrogen-bond acceptors (Lipinski definition) is 12. The van der Waals surface area contributed by atoms with Crippen molar-refractivity contribution in [2.75, 3.05) is 72.9 Å². The highest BCUT2D eigenvalue weighted by Gasteiger charge is 2.54. The monoisotopic (exact) mass is 1040 g/mol. The SMILES string of the molecule is CCn1c(-c2cccnc2[C@H](C)OC)c2c3cc(ccc31)-c1cccc(c1)CC(NC(=O)[C@H](C(C)C)N1CC[C@@]3(CCN(C(=O)C#C[C@@H]4COCCN4C4COC4)C3)C1=O)C(=O)N1CCC[C@H](N1)C(=O)OCC(C)(C)C2. The second kappa shape index (κ2) is 22.1. The van der Waals surface area contributed by atoms with E-state index in [0.29, 0.717) is 84.7 Å². The van der Waals surface area contributed by atoms with Gasteiger partial charge in [0.15, 0.2) is 0 Å². The van der Waals surface area contributed by atoms with Gasteiger partial charge in [-0.05, 0) is 104 Å². The lowest BCUT2D eigenvalue weighted by Gasteiger charge is -2.42. The number of methoxy groups -OCH3 is 1. The van der Waals surface area contributed by atoms with Gasteiger partial charge in [-0.25, -0.2) is 5.43 Å². The number of nitrogens with zero attached hydrogens (tertiary/aromatic N) is 6. The number of likely N-dealkylation sites (tertiary alicyclic amines) is 2.